The molecule has 0 aromatic rings. The minimum Gasteiger partial charge on any atom is -0.462 e. The average Bonchev–Trinajstić information content (AvgIpc) is 3.22. The van der Waals surface area contributed by atoms with E-state index in [1.54, 1.807) is 0 Å². The SMILES string of the molecule is CCC=CCC=CCC=CCC=CCC=CCCCCCC(=O)OC[C@H](COP(=O)(O)OCCN)OC(=O)CCCCCC=CCC=CCC=CCC=CCC=CCC. The number of esters is 2. The molecular weight excluding hydrogens is 762 g/mol. The van der Waals surface area contributed by atoms with Gasteiger partial charge in [-0.25, -0.2) is 4.57 Å². The molecule has 2 atom stereocenters. The second kappa shape index (κ2) is 44.0. The lowest BCUT2D eigenvalue weighted by Gasteiger charge is -2.19. The zero-order valence-electron chi connectivity index (χ0n) is 36.4. The van der Waals surface area contributed by atoms with Crippen LogP contribution < -0.4 is 5.73 Å². The monoisotopic (exact) mass is 840 g/mol. The summed E-state index contributed by atoms with van der Waals surface area (Å²) in [6.45, 7) is 3.39. The fourth-order valence-corrected chi connectivity index (χ4v) is 5.92. The number of rotatable bonds is 39. The average molecular weight is 840 g/mol. The van der Waals surface area contributed by atoms with Crippen LogP contribution in [0.25, 0.3) is 0 Å². The minimum atomic E-state index is -4.41. The van der Waals surface area contributed by atoms with Gasteiger partial charge in [0.05, 0.1) is 13.2 Å². The molecule has 0 aliphatic heterocycles. The molecule has 0 bridgehead atoms. The predicted molar refractivity (Wildman–Crippen MR) is 247 cm³/mol. The van der Waals surface area contributed by atoms with Crippen molar-refractivity contribution in [1.82, 2.24) is 0 Å². The van der Waals surface area contributed by atoms with Crippen molar-refractivity contribution in [3.63, 3.8) is 0 Å². The van der Waals surface area contributed by atoms with E-state index in [9.17, 15) is 19.0 Å². The molecule has 0 aromatic carbocycles. The van der Waals surface area contributed by atoms with Crippen LogP contribution in [0.4, 0.5) is 0 Å². The highest BCUT2D eigenvalue weighted by Crippen LogP contribution is 2.43. The molecule has 0 saturated carbocycles. The Morgan fingerprint density at radius 3 is 1.27 bits per heavy atom. The molecule has 0 heterocycles. The van der Waals surface area contributed by atoms with Gasteiger partial charge in [-0.2, -0.15) is 0 Å². The summed E-state index contributed by atoms with van der Waals surface area (Å²) in [5.74, 6) is -0.919. The normalized spacial score (nSPS) is 14.4. The Labute approximate surface area is 358 Å². The Morgan fingerprint density at radius 1 is 0.508 bits per heavy atom. The summed E-state index contributed by atoms with van der Waals surface area (Å²) in [5.41, 5.74) is 5.35. The molecule has 10 heteroatoms. The molecule has 0 saturated heterocycles. The maximum Gasteiger partial charge on any atom is 0.472 e. The highest BCUT2D eigenvalue weighted by molar-refractivity contribution is 7.47. The highest BCUT2D eigenvalue weighted by atomic mass is 31.2. The van der Waals surface area contributed by atoms with E-state index in [2.05, 4.69) is 135 Å². The summed E-state index contributed by atoms with van der Waals surface area (Å²) in [7, 11) is -4.41. The van der Waals surface area contributed by atoms with E-state index in [0.29, 0.717) is 12.8 Å². The Morgan fingerprint density at radius 2 is 0.881 bits per heavy atom. The van der Waals surface area contributed by atoms with Gasteiger partial charge in [0.1, 0.15) is 6.61 Å². The highest BCUT2D eigenvalue weighted by Gasteiger charge is 2.25. The molecule has 1 unspecified atom stereocenters. The van der Waals surface area contributed by atoms with Crippen molar-refractivity contribution in [2.45, 2.75) is 148 Å². The Balaban J connectivity index is 4.31. The number of ether oxygens (including phenoxy) is 2. The van der Waals surface area contributed by atoms with Crippen molar-refractivity contribution in [1.29, 1.82) is 0 Å². The van der Waals surface area contributed by atoms with Crippen molar-refractivity contribution in [2.24, 2.45) is 5.73 Å². The van der Waals surface area contributed by atoms with Gasteiger partial charge in [-0.1, -0.05) is 148 Å². The zero-order chi connectivity index (χ0) is 43.2. The van der Waals surface area contributed by atoms with Crippen LogP contribution in [0.5, 0.6) is 0 Å². The van der Waals surface area contributed by atoms with Gasteiger partial charge in [0.15, 0.2) is 6.10 Å². The van der Waals surface area contributed by atoms with Crippen molar-refractivity contribution < 1.29 is 37.6 Å². The van der Waals surface area contributed by atoms with E-state index in [-0.39, 0.29) is 32.6 Å². The molecule has 9 nitrogen and oxygen atoms in total. The third kappa shape index (κ3) is 43.8. The molecule has 0 aliphatic carbocycles. The maximum atomic E-state index is 12.6. The van der Waals surface area contributed by atoms with Crippen molar-refractivity contribution in [2.75, 3.05) is 26.4 Å². The first-order valence-electron chi connectivity index (χ1n) is 22.0. The number of nitrogens with two attached hydrogens (primary N) is 1. The van der Waals surface area contributed by atoms with Gasteiger partial charge >= 0.3 is 19.8 Å². The first-order valence-corrected chi connectivity index (χ1v) is 23.5. The van der Waals surface area contributed by atoms with Crippen molar-refractivity contribution >= 4 is 19.8 Å². The summed E-state index contributed by atoms with van der Waals surface area (Å²) >= 11 is 0. The van der Waals surface area contributed by atoms with Gasteiger partial charge in [-0.3, -0.25) is 18.6 Å². The quantitative estimate of drug-likeness (QED) is 0.0268. The number of allylic oxidation sites excluding steroid dienone is 20. The van der Waals surface area contributed by atoms with E-state index in [1.807, 2.05) is 0 Å². The van der Waals surface area contributed by atoms with Crippen LogP contribution in [0.2, 0.25) is 0 Å². The number of carbonyl (C=O) groups is 2. The number of hydrogen-bond acceptors (Lipinski definition) is 8. The van der Waals surface area contributed by atoms with Crippen LogP contribution in [0.3, 0.4) is 0 Å². The fraction of sp³-hybridized carbons (Fsp3) is 0.551. The van der Waals surface area contributed by atoms with Crippen molar-refractivity contribution in [3.05, 3.63) is 122 Å². The van der Waals surface area contributed by atoms with Crippen LogP contribution in [0.15, 0.2) is 122 Å². The second-order valence-corrected chi connectivity index (χ2v) is 15.2. The Bertz CT molecular complexity index is 1370. The molecular formula is C49H78NO8P. The summed E-state index contributed by atoms with van der Waals surface area (Å²) in [4.78, 5) is 34.9. The van der Waals surface area contributed by atoms with Gasteiger partial charge < -0.3 is 20.1 Å². The number of phosphoric acid groups is 1. The van der Waals surface area contributed by atoms with Gasteiger partial charge in [-0.05, 0) is 103 Å². The smallest absolute Gasteiger partial charge is 0.462 e. The van der Waals surface area contributed by atoms with Crippen LogP contribution in [0.1, 0.15) is 142 Å². The molecule has 0 radical (unpaired) electrons. The molecule has 0 rings (SSSR count). The van der Waals surface area contributed by atoms with E-state index in [0.717, 1.165) is 103 Å². The third-order valence-corrected chi connectivity index (χ3v) is 9.33. The number of unbranched alkanes of at least 4 members (excludes halogenated alkanes) is 6. The van der Waals surface area contributed by atoms with Gasteiger partial charge in [0.2, 0.25) is 0 Å². The summed E-state index contributed by atoms with van der Waals surface area (Å²) < 4.78 is 32.7. The Kier molecular flexibility index (Phi) is 41.3. The molecule has 0 fully saturated rings. The lowest BCUT2D eigenvalue weighted by molar-refractivity contribution is -0.161. The molecule has 0 aliphatic rings. The van der Waals surface area contributed by atoms with Crippen LogP contribution in [-0.4, -0.2) is 49.3 Å². The summed E-state index contributed by atoms with van der Waals surface area (Å²) in [5, 5.41) is 0. The number of carbonyl (C=O) groups excluding carboxylic acids is 2. The zero-order valence-corrected chi connectivity index (χ0v) is 37.3. The van der Waals surface area contributed by atoms with Crippen LogP contribution in [0, 0.1) is 0 Å². The Hall–Kier alpha value is -3.59. The van der Waals surface area contributed by atoms with E-state index in [4.69, 9.17) is 24.3 Å². The van der Waals surface area contributed by atoms with Crippen LogP contribution in [-0.2, 0) is 32.7 Å². The molecule has 3 N–H and O–H groups in total. The molecule has 59 heavy (non-hydrogen) atoms. The molecule has 0 amide bonds. The van der Waals surface area contributed by atoms with Crippen LogP contribution >= 0.6 is 7.82 Å². The molecule has 0 aromatic heterocycles. The lowest BCUT2D eigenvalue weighted by Crippen LogP contribution is -2.29. The van der Waals surface area contributed by atoms with Gasteiger partial charge in [0, 0.05) is 19.4 Å². The second-order valence-electron chi connectivity index (χ2n) is 13.8. The molecule has 332 valence electrons. The van der Waals surface area contributed by atoms with E-state index >= 15 is 0 Å². The fourth-order valence-electron chi connectivity index (χ4n) is 5.16. The topological polar surface area (TPSA) is 134 Å². The lowest BCUT2D eigenvalue weighted by atomic mass is 10.1. The van der Waals surface area contributed by atoms with Gasteiger partial charge in [0.25, 0.3) is 0 Å². The third-order valence-electron chi connectivity index (χ3n) is 8.34. The van der Waals surface area contributed by atoms with Crippen molar-refractivity contribution in [3.8, 4) is 0 Å². The maximum absolute atomic E-state index is 12.6. The first kappa shape index (κ1) is 55.4. The van der Waals surface area contributed by atoms with E-state index in [1.165, 1.54) is 0 Å². The largest absolute Gasteiger partial charge is 0.472 e. The van der Waals surface area contributed by atoms with E-state index < -0.39 is 32.5 Å². The number of hydrogen-bond donors (Lipinski definition) is 2. The summed E-state index contributed by atoms with van der Waals surface area (Å²) in [6, 6.07) is 0. The molecule has 0 spiro atoms. The minimum absolute atomic E-state index is 0.0351. The van der Waals surface area contributed by atoms with Gasteiger partial charge in [-0.15, -0.1) is 0 Å². The standard InChI is InChI=1S/C49H78NO8P/c1-3-5-7-9-11-13-15-17-19-21-23-25-27-29-31-33-35-37-39-41-48(51)55-45-47(46-57-59(53,54)56-44-43-50)58-49(52)42-40-38-36-34-32-30-28-26-24-22-20-18-16-14-12-10-8-6-4-2/h5-8,11-14,17-20,23-26,29-32,47H,3-4,9-10,15-16,21-22,27-28,33-46,50H2,1-2H3,(H,53,54)/t47-/m1/s1. The predicted octanol–water partition coefficient (Wildman–Crippen LogP) is 12.9. The summed E-state index contributed by atoms with van der Waals surface area (Å²) in [6.07, 6.45) is 59.4. The first-order chi connectivity index (χ1) is 28.8. The number of phosphoric ester groups is 1.